The molecule has 4 rings (SSSR count). The summed E-state index contributed by atoms with van der Waals surface area (Å²) in [5.74, 6) is -1.80. The number of benzene rings is 1. The largest absolute Gasteiger partial charge is 0.481 e. The number of aliphatic carboxylic acids is 1. The molecule has 0 aromatic heterocycles. The Labute approximate surface area is 226 Å². The van der Waals surface area contributed by atoms with Gasteiger partial charge >= 0.3 is 11.9 Å². The number of esters is 1. The minimum absolute atomic E-state index is 0.204. The predicted molar refractivity (Wildman–Crippen MR) is 149 cm³/mol. The fourth-order valence-corrected chi connectivity index (χ4v) is 6.93. The Hall–Kier alpha value is -2.06. The van der Waals surface area contributed by atoms with E-state index < -0.39 is 17.9 Å². The molecule has 2 aliphatic heterocycles. The van der Waals surface area contributed by atoms with Gasteiger partial charge in [-0.25, -0.2) is 0 Å². The van der Waals surface area contributed by atoms with Crippen LogP contribution in [0.25, 0.3) is 0 Å². The minimum Gasteiger partial charge on any atom is -0.481 e. The molecule has 1 aromatic rings. The summed E-state index contributed by atoms with van der Waals surface area (Å²) in [5.41, 5.74) is 4.76. The van der Waals surface area contributed by atoms with E-state index in [9.17, 15) is 14.7 Å². The summed E-state index contributed by atoms with van der Waals surface area (Å²) >= 11 is 1.86. The fraction of sp³-hybridized carbons (Fsp3) is 0.690. The second-order valence-electron chi connectivity index (χ2n) is 11.9. The molecule has 0 bridgehead atoms. The van der Waals surface area contributed by atoms with E-state index in [0.29, 0.717) is 12.8 Å². The van der Waals surface area contributed by atoms with Gasteiger partial charge in [0.2, 0.25) is 0 Å². The van der Waals surface area contributed by atoms with Crippen molar-refractivity contribution in [3.05, 3.63) is 34.9 Å². The second-order valence-corrected chi connectivity index (χ2v) is 12.9. The zero-order valence-electron chi connectivity index (χ0n) is 23.1. The summed E-state index contributed by atoms with van der Waals surface area (Å²) in [6, 6.07) is 7.31. The first-order valence-corrected chi connectivity index (χ1v) is 14.7. The van der Waals surface area contributed by atoms with Gasteiger partial charge in [0.1, 0.15) is 0 Å². The first-order chi connectivity index (χ1) is 17.5. The van der Waals surface area contributed by atoms with Crippen LogP contribution >= 0.6 is 11.8 Å². The Morgan fingerprint density at radius 3 is 2.43 bits per heavy atom. The Morgan fingerprint density at radius 2 is 1.78 bits per heavy atom. The maximum absolute atomic E-state index is 11.9. The van der Waals surface area contributed by atoms with E-state index in [1.54, 1.807) is 6.92 Å². The molecule has 1 fully saturated rings. The molecule has 1 aromatic carbocycles. The smallest absolute Gasteiger partial charge is 0.320 e. The molecule has 1 aliphatic carbocycles. The minimum atomic E-state index is -1.10. The zero-order valence-corrected chi connectivity index (χ0v) is 23.9. The topological polar surface area (TPSA) is 82.4 Å². The van der Waals surface area contributed by atoms with Crippen LogP contribution in [0.2, 0.25) is 0 Å². The molecule has 204 valence electrons. The summed E-state index contributed by atoms with van der Waals surface area (Å²) in [5, 5.41) is 10.5. The van der Waals surface area contributed by atoms with Crippen molar-refractivity contribution in [1.29, 1.82) is 0 Å². The van der Waals surface area contributed by atoms with Crippen LogP contribution in [0.4, 0.5) is 0 Å². The number of nitrogens with zero attached hydrogens (tertiary/aromatic N) is 3. The number of thioether (sulfide) groups is 1. The molecule has 7 nitrogen and oxygen atoms in total. The third-order valence-electron chi connectivity index (χ3n) is 8.38. The van der Waals surface area contributed by atoms with Gasteiger partial charge < -0.3 is 14.7 Å². The Kier molecular flexibility index (Phi) is 8.58. The van der Waals surface area contributed by atoms with Crippen molar-refractivity contribution in [2.75, 3.05) is 45.1 Å². The van der Waals surface area contributed by atoms with Gasteiger partial charge in [0, 0.05) is 31.9 Å². The van der Waals surface area contributed by atoms with Crippen molar-refractivity contribution in [2.45, 2.75) is 77.2 Å². The third-order valence-corrected chi connectivity index (χ3v) is 9.48. The van der Waals surface area contributed by atoms with Gasteiger partial charge in [-0.2, -0.15) is 0 Å². The van der Waals surface area contributed by atoms with Crippen LogP contribution in [0.1, 0.15) is 83.0 Å². The molecule has 37 heavy (non-hydrogen) atoms. The summed E-state index contributed by atoms with van der Waals surface area (Å²) in [4.78, 5) is 33.2. The highest BCUT2D eigenvalue weighted by Gasteiger charge is 2.38. The first-order valence-electron chi connectivity index (χ1n) is 13.7. The average Bonchev–Trinajstić information content (AvgIpc) is 3.35. The van der Waals surface area contributed by atoms with Crippen LogP contribution < -0.4 is 0 Å². The van der Waals surface area contributed by atoms with Gasteiger partial charge in [-0.1, -0.05) is 57.7 Å². The number of carbonyl (C=O) groups excluding carboxylic acids is 1. The van der Waals surface area contributed by atoms with Gasteiger partial charge in [-0.05, 0) is 66.7 Å². The second kappa shape index (κ2) is 11.4. The van der Waals surface area contributed by atoms with E-state index in [4.69, 9.17) is 9.73 Å². The van der Waals surface area contributed by atoms with Gasteiger partial charge in [-0.3, -0.25) is 19.5 Å². The van der Waals surface area contributed by atoms with E-state index >= 15 is 0 Å². The molecule has 3 aliphatic rings. The van der Waals surface area contributed by atoms with Gasteiger partial charge in [0.15, 0.2) is 11.1 Å². The molecule has 2 atom stereocenters. The zero-order chi connectivity index (χ0) is 26.8. The van der Waals surface area contributed by atoms with Gasteiger partial charge in [0.05, 0.1) is 12.6 Å². The molecular formula is C29H43N3O4S. The number of aliphatic imine (C=N–C) groups is 1. The van der Waals surface area contributed by atoms with Crippen LogP contribution in [-0.2, 0) is 25.2 Å². The van der Waals surface area contributed by atoms with E-state index in [2.05, 4.69) is 55.7 Å². The van der Waals surface area contributed by atoms with Crippen LogP contribution in [0.15, 0.2) is 23.2 Å². The molecular weight excluding hydrogens is 486 g/mol. The summed E-state index contributed by atoms with van der Waals surface area (Å²) < 4.78 is 4.91. The standard InChI is InChI=1S/C29H43N3O4S/c1-6-36-26(35)21(25(33)34)8-7-13-31-14-16-32(17-15-31)27-30-24(19-37-27)20-9-10-22-23(18-20)29(4,5)12-11-28(22,2)3/h9-10,18,21,24H,6-8,11-17,19H2,1-5H3,(H,33,34). The van der Waals surface area contributed by atoms with Crippen molar-refractivity contribution >= 4 is 28.9 Å². The maximum Gasteiger partial charge on any atom is 0.320 e. The Bertz CT molecular complexity index is 1030. The number of ether oxygens (including phenoxy) is 1. The number of carbonyl (C=O) groups is 2. The number of rotatable bonds is 8. The van der Waals surface area contributed by atoms with E-state index in [-0.39, 0.29) is 23.5 Å². The van der Waals surface area contributed by atoms with E-state index in [0.717, 1.165) is 43.6 Å². The molecule has 2 heterocycles. The number of piperazine rings is 1. The van der Waals surface area contributed by atoms with E-state index in [1.807, 2.05) is 11.8 Å². The lowest BCUT2D eigenvalue weighted by atomic mass is 9.63. The summed E-state index contributed by atoms with van der Waals surface area (Å²) in [6.45, 7) is 15.9. The molecule has 1 saturated heterocycles. The molecule has 8 heteroatoms. The number of hydrogen-bond acceptors (Lipinski definition) is 7. The molecule has 0 spiro atoms. The lowest BCUT2D eigenvalue weighted by molar-refractivity contribution is -0.158. The van der Waals surface area contributed by atoms with Crippen molar-refractivity contribution in [2.24, 2.45) is 10.9 Å². The van der Waals surface area contributed by atoms with Crippen LogP contribution in [0.3, 0.4) is 0 Å². The van der Waals surface area contributed by atoms with Gasteiger partial charge in [-0.15, -0.1) is 0 Å². The van der Waals surface area contributed by atoms with Gasteiger partial charge in [0.25, 0.3) is 0 Å². The van der Waals surface area contributed by atoms with Crippen LogP contribution in [0, 0.1) is 5.92 Å². The lowest BCUT2D eigenvalue weighted by Gasteiger charge is -2.42. The van der Waals surface area contributed by atoms with Crippen LogP contribution in [0.5, 0.6) is 0 Å². The Morgan fingerprint density at radius 1 is 1.11 bits per heavy atom. The average molecular weight is 530 g/mol. The number of amidine groups is 1. The molecule has 2 unspecified atom stereocenters. The highest BCUT2D eigenvalue weighted by molar-refractivity contribution is 8.14. The van der Waals surface area contributed by atoms with Crippen LogP contribution in [-0.4, -0.2) is 77.1 Å². The van der Waals surface area contributed by atoms with Crippen molar-refractivity contribution < 1.29 is 19.4 Å². The van der Waals surface area contributed by atoms with Crippen molar-refractivity contribution in [3.63, 3.8) is 0 Å². The number of carboxylic acid groups (broad SMARTS) is 1. The predicted octanol–water partition coefficient (Wildman–Crippen LogP) is 4.84. The van der Waals surface area contributed by atoms with Crippen molar-refractivity contribution in [3.8, 4) is 0 Å². The molecule has 0 saturated carbocycles. The van der Waals surface area contributed by atoms with E-state index in [1.165, 1.54) is 29.5 Å². The fourth-order valence-electron chi connectivity index (χ4n) is 5.79. The summed E-state index contributed by atoms with van der Waals surface area (Å²) in [7, 11) is 0. The molecule has 0 radical (unpaired) electrons. The Balaban J connectivity index is 1.31. The normalized spacial score (nSPS) is 23.8. The maximum atomic E-state index is 11.9. The lowest BCUT2D eigenvalue weighted by Crippen LogP contribution is -2.48. The first kappa shape index (κ1) is 28.0. The quantitative estimate of drug-likeness (QED) is 0.381. The monoisotopic (exact) mass is 529 g/mol. The highest BCUT2D eigenvalue weighted by Crippen LogP contribution is 2.47. The summed E-state index contributed by atoms with van der Waals surface area (Å²) in [6.07, 6.45) is 3.42. The van der Waals surface area contributed by atoms with Crippen molar-refractivity contribution in [1.82, 2.24) is 9.80 Å². The number of fused-ring (bicyclic) bond motifs is 1. The molecule has 0 amide bonds. The number of carboxylic acids is 1. The highest BCUT2D eigenvalue weighted by atomic mass is 32.2. The molecule has 1 N–H and O–H groups in total. The number of hydrogen-bond donors (Lipinski definition) is 1. The third kappa shape index (κ3) is 6.33. The SMILES string of the molecule is CCOC(=O)C(CCCN1CCN(C2=NC(c3ccc4c(c3)C(C)(C)CCC4(C)C)CS2)CC1)C(=O)O.